The summed E-state index contributed by atoms with van der Waals surface area (Å²) in [5, 5.41) is 0.755. The van der Waals surface area contributed by atoms with E-state index in [2.05, 4.69) is 9.97 Å². The lowest BCUT2D eigenvalue weighted by atomic mass is 10.1. The highest BCUT2D eigenvalue weighted by atomic mass is 32.2. The molecule has 4 rings (SSSR count). The SMILES string of the molecule is O=C1c2ccccc2CC1Sc1nc2ccccc2[nH]1. The number of imidazole rings is 1. The molecule has 0 saturated heterocycles. The molecule has 0 amide bonds. The summed E-state index contributed by atoms with van der Waals surface area (Å²) in [6, 6.07) is 15.8. The number of hydrogen-bond donors (Lipinski definition) is 1. The van der Waals surface area contributed by atoms with Crippen molar-refractivity contribution >= 4 is 28.6 Å². The predicted molar refractivity (Wildman–Crippen MR) is 80.2 cm³/mol. The van der Waals surface area contributed by atoms with E-state index in [1.54, 1.807) is 0 Å². The molecule has 2 aromatic carbocycles. The summed E-state index contributed by atoms with van der Waals surface area (Å²) in [5.41, 5.74) is 3.96. The molecule has 20 heavy (non-hydrogen) atoms. The Morgan fingerprint density at radius 1 is 1.10 bits per heavy atom. The molecule has 1 N–H and O–H groups in total. The largest absolute Gasteiger partial charge is 0.333 e. The number of benzene rings is 2. The molecule has 0 aliphatic heterocycles. The summed E-state index contributed by atoms with van der Waals surface area (Å²) in [6.45, 7) is 0. The zero-order valence-corrected chi connectivity index (χ0v) is 11.5. The number of H-pyrrole nitrogens is 1. The minimum atomic E-state index is -0.0621. The van der Waals surface area contributed by atoms with E-state index < -0.39 is 0 Å². The summed E-state index contributed by atoms with van der Waals surface area (Å²) < 4.78 is 0. The van der Waals surface area contributed by atoms with E-state index in [0.29, 0.717) is 0 Å². The van der Waals surface area contributed by atoms with Gasteiger partial charge in [0.05, 0.1) is 16.3 Å². The van der Waals surface area contributed by atoms with Crippen molar-refractivity contribution in [2.75, 3.05) is 0 Å². The van der Waals surface area contributed by atoms with Gasteiger partial charge in [-0.1, -0.05) is 48.2 Å². The molecule has 98 valence electrons. The second-order valence-corrected chi connectivity index (χ2v) is 6.08. The molecule has 1 unspecified atom stereocenters. The van der Waals surface area contributed by atoms with Gasteiger partial charge in [0.15, 0.2) is 10.9 Å². The molecule has 0 bridgehead atoms. The van der Waals surface area contributed by atoms with Crippen molar-refractivity contribution in [3.8, 4) is 0 Å². The van der Waals surface area contributed by atoms with E-state index in [0.717, 1.165) is 33.7 Å². The zero-order valence-electron chi connectivity index (χ0n) is 10.7. The zero-order chi connectivity index (χ0) is 13.5. The summed E-state index contributed by atoms with van der Waals surface area (Å²) in [6.07, 6.45) is 0.788. The van der Waals surface area contributed by atoms with Crippen molar-refractivity contribution in [2.45, 2.75) is 16.8 Å². The Hall–Kier alpha value is -2.07. The topological polar surface area (TPSA) is 45.8 Å². The molecule has 1 aromatic heterocycles. The maximum atomic E-state index is 12.4. The van der Waals surface area contributed by atoms with Crippen LogP contribution in [-0.2, 0) is 6.42 Å². The number of carbonyl (C=O) groups is 1. The molecule has 0 radical (unpaired) electrons. The molecule has 0 saturated carbocycles. The van der Waals surface area contributed by atoms with Crippen molar-refractivity contribution in [2.24, 2.45) is 0 Å². The van der Waals surface area contributed by atoms with Gasteiger partial charge in [0, 0.05) is 5.56 Å². The van der Waals surface area contributed by atoms with Crippen LogP contribution in [0.2, 0.25) is 0 Å². The minimum Gasteiger partial charge on any atom is -0.333 e. The van der Waals surface area contributed by atoms with Crippen molar-refractivity contribution in [3.63, 3.8) is 0 Å². The van der Waals surface area contributed by atoms with Gasteiger partial charge in [-0.2, -0.15) is 0 Å². The number of hydrogen-bond acceptors (Lipinski definition) is 3. The van der Waals surface area contributed by atoms with Crippen LogP contribution in [0.15, 0.2) is 53.7 Å². The lowest BCUT2D eigenvalue weighted by molar-refractivity contribution is 0.1000. The molecule has 1 aliphatic carbocycles. The van der Waals surface area contributed by atoms with Gasteiger partial charge in [-0.25, -0.2) is 4.98 Å². The molecule has 1 atom stereocenters. The number of carbonyl (C=O) groups excluding carboxylic acids is 1. The van der Waals surface area contributed by atoms with Gasteiger partial charge in [-0.05, 0) is 24.1 Å². The van der Waals surface area contributed by atoms with Crippen LogP contribution in [0.1, 0.15) is 15.9 Å². The maximum Gasteiger partial charge on any atom is 0.176 e. The number of para-hydroxylation sites is 2. The molecular formula is C16H12N2OS. The van der Waals surface area contributed by atoms with Crippen LogP contribution in [0.5, 0.6) is 0 Å². The van der Waals surface area contributed by atoms with E-state index in [9.17, 15) is 4.79 Å². The number of aromatic amines is 1. The molecule has 3 aromatic rings. The van der Waals surface area contributed by atoms with Gasteiger partial charge in [0.1, 0.15) is 0 Å². The first-order valence-electron chi connectivity index (χ1n) is 6.55. The Bertz CT molecular complexity index is 776. The second-order valence-electron chi connectivity index (χ2n) is 4.89. The van der Waals surface area contributed by atoms with Crippen LogP contribution in [0.4, 0.5) is 0 Å². The Morgan fingerprint density at radius 3 is 2.75 bits per heavy atom. The number of rotatable bonds is 2. The van der Waals surface area contributed by atoms with Crippen molar-refractivity contribution in [3.05, 3.63) is 59.7 Å². The molecular weight excluding hydrogens is 268 g/mol. The number of aromatic nitrogens is 2. The summed E-state index contributed by atoms with van der Waals surface area (Å²) >= 11 is 1.53. The van der Waals surface area contributed by atoms with Gasteiger partial charge >= 0.3 is 0 Å². The fourth-order valence-corrected chi connectivity index (χ4v) is 3.71. The average molecular weight is 280 g/mol. The van der Waals surface area contributed by atoms with E-state index in [4.69, 9.17) is 0 Å². The first kappa shape index (κ1) is 11.7. The van der Waals surface area contributed by atoms with E-state index in [-0.39, 0.29) is 11.0 Å². The third kappa shape index (κ3) is 1.84. The van der Waals surface area contributed by atoms with E-state index >= 15 is 0 Å². The molecule has 1 heterocycles. The Morgan fingerprint density at radius 2 is 1.90 bits per heavy atom. The molecule has 4 heteroatoms. The number of nitrogens with one attached hydrogen (secondary N) is 1. The normalized spacial score (nSPS) is 17.6. The Balaban J connectivity index is 1.63. The van der Waals surface area contributed by atoms with Gasteiger partial charge in [-0.3, -0.25) is 4.79 Å². The third-order valence-electron chi connectivity index (χ3n) is 3.60. The monoisotopic (exact) mass is 280 g/mol. The number of fused-ring (bicyclic) bond motifs is 2. The van der Waals surface area contributed by atoms with Gasteiger partial charge < -0.3 is 4.98 Å². The molecule has 1 aliphatic rings. The van der Waals surface area contributed by atoms with Gasteiger partial charge in [-0.15, -0.1) is 0 Å². The van der Waals surface area contributed by atoms with Crippen LogP contribution >= 0.6 is 11.8 Å². The molecule has 0 fully saturated rings. The summed E-state index contributed by atoms with van der Waals surface area (Å²) in [4.78, 5) is 20.2. The van der Waals surface area contributed by atoms with Crippen LogP contribution in [0.25, 0.3) is 11.0 Å². The number of ketones is 1. The van der Waals surface area contributed by atoms with Gasteiger partial charge in [0.25, 0.3) is 0 Å². The minimum absolute atomic E-state index is 0.0621. The fraction of sp³-hybridized carbons (Fsp3) is 0.125. The maximum absolute atomic E-state index is 12.4. The highest BCUT2D eigenvalue weighted by Crippen LogP contribution is 2.33. The first-order chi connectivity index (χ1) is 9.81. The second kappa shape index (κ2) is 4.49. The fourth-order valence-electron chi connectivity index (χ4n) is 2.62. The Kier molecular flexibility index (Phi) is 2.63. The van der Waals surface area contributed by atoms with Crippen molar-refractivity contribution in [1.82, 2.24) is 9.97 Å². The average Bonchev–Trinajstić information content (AvgIpc) is 3.01. The Labute approximate surface area is 120 Å². The first-order valence-corrected chi connectivity index (χ1v) is 7.43. The third-order valence-corrected chi connectivity index (χ3v) is 4.68. The van der Waals surface area contributed by atoms with Crippen molar-refractivity contribution in [1.29, 1.82) is 0 Å². The quantitative estimate of drug-likeness (QED) is 0.782. The molecule has 3 nitrogen and oxygen atoms in total. The summed E-state index contributed by atoms with van der Waals surface area (Å²) in [7, 11) is 0. The smallest absolute Gasteiger partial charge is 0.176 e. The lowest BCUT2D eigenvalue weighted by Crippen LogP contribution is -2.11. The van der Waals surface area contributed by atoms with Crippen LogP contribution < -0.4 is 0 Å². The predicted octanol–water partition coefficient (Wildman–Crippen LogP) is 3.46. The van der Waals surface area contributed by atoms with Gasteiger partial charge in [0.2, 0.25) is 0 Å². The van der Waals surface area contributed by atoms with Crippen LogP contribution in [-0.4, -0.2) is 21.0 Å². The number of Topliss-reactive ketones (excluding diaryl/α,β-unsaturated/α-hetero) is 1. The standard InChI is InChI=1S/C16H12N2OS/c19-15-11-6-2-1-5-10(11)9-14(15)20-16-17-12-7-3-4-8-13(12)18-16/h1-8,14H,9H2,(H,17,18). The lowest BCUT2D eigenvalue weighted by Gasteiger charge is -2.03. The van der Waals surface area contributed by atoms with E-state index in [1.165, 1.54) is 11.8 Å². The number of thioether (sulfide) groups is 1. The highest BCUT2D eigenvalue weighted by molar-refractivity contribution is 8.00. The highest BCUT2D eigenvalue weighted by Gasteiger charge is 2.31. The van der Waals surface area contributed by atoms with Crippen LogP contribution in [0, 0.1) is 0 Å². The van der Waals surface area contributed by atoms with Crippen LogP contribution in [0.3, 0.4) is 0 Å². The van der Waals surface area contributed by atoms with E-state index in [1.807, 2.05) is 48.5 Å². The number of nitrogens with zero attached hydrogens (tertiary/aromatic N) is 1. The molecule has 0 spiro atoms. The summed E-state index contributed by atoms with van der Waals surface area (Å²) in [5.74, 6) is 0.214. The van der Waals surface area contributed by atoms with Crippen molar-refractivity contribution < 1.29 is 4.79 Å².